The number of carbonyl (C=O) groups excluding carboxylic acids is 1. The lowest BCUT2D eigenvalue weighted by atomic mass is 9.56. The van der Waals surface area contributed by atoms with Gasteiger partial charge in [-0.05, 0) is 68.6 Å². The summed E-state index contributed by atoms with van der Waals surface area (Å²) in [5.74, 6) is 0.982. The molecule has 0 saturated heterocycles. The van der Waals surface area contributed by atoms with Crippen LogP contribution in [0.4, 0.5) is 0 Å². The largest absolute Gasteiger partial charge is 0.490 e. The van der Waals surface area contributed by atoms with Gasteiger partial charge in [0, 0.05) is 41.9 Å². The van der Waals surface area contributed by atoms with Crippen molar-refractivity contribution < 1.29 is 29.2 Å². The highest BCUT2D eigenvalue weighted by molar-refractivity contribution is 8.00. The molecule has 0 bridgehead atoms. The monoisotopic (exact) mass is 596 g/mol. The van der Waals surface area contributed by atoms with E-state index < -0.39 is 5.79 Å². The van der Waals surface area contributed by atoms with Crippen molar-refractivity contribution in [2.24, 2.45) is 17.8 Å². The number of hydrogen-bond donors (Lipinski definition) is 2. The zero-order valence-electron chi connectivity index (χ0n) is 24.9. The summed E-state index contributed by atoms with van der Waals surface area (Å²) < 4.78 is 19.9. The summed E-state index contributed by atoms with van der Waals surface area (Å²) in [4.78, 5) is 14.1. The summed E-state index contributed by atoms with van der Waals surface area (Å²) >= 11 is 1.91. The highest BCUT2D eigenvalue weighted by atomic mass is 32.2. The lowest BCUT2D eigenvalue weighted by Crippen LogP contribution is -2.64. The Morgan fingerprint density at radius 2 is 1.76 bits per heavy atom. The fraction of sp³-hybridized carbons (Fsp3) is 0.629. The predicted octanol–water partition coefficient (Wildman–Crippen LogP) is 6.76. The maximum Gasteiger partial charge on any atom is 0.230 e. The first-order valence-electron chi connectivity index (χ1n) is 16.0. The SMILES string of the molecule is C=CCOc1ccc2c(c1)[C@H]1[C@H](CCCCO)[C@@H](CCCCO)C=C3C(=O)C[C@H](SC4CCCC4)[C@@](OCC=C)(O2)[C@H]31. The van der Waals surface area contributed by atoms with Gasteiger partial charge < -0.3 is 24.4 Å². The molecule has 2 fully saturated rings. The highest BCUT2D eigenvalue weighted by Crippen LogP contribution is 2.63. The number of aliphatic hydroxyl groups is 2. The zero-order valence-corrected chi connectivity index (χ0v) is 25.7. The highest BCUT2D eigenvalue weighted by Gasteiger charge is 2.64. The Kier molecular flexibility index (Phi) is 10.9. The maximum atomic E-state index is 14.1. The standard InChI is InChI=1S/C35H48O6S/c1-3-19-39-25-15-16-31-29(22-25)33-27(14-8-10-18-37)24(11-7-9-17-36)21-28-30(38)23-32(42-26-12-5-6-13-26)35(41-31,34(28)33)40-20-4-2/h3-4,15-16,21-22,24,26-27,32-34,36-37H,1-2,5-14,17-20,23H2/t24-,27+,32-,33+,34+,35+/m0/s1. The van der Waals surface area contributed by atoms with Crippen molar-refractivity contribution in [3.8, 4) is 11.5 Å². The molecule has 3 aliphatic carbocycles. The number of carbonyl (C=O) groups is 1. The van der Waals surface area contributed by atoms with Crippen LogP contribution in [0.5, 0.6) is 11.5 Å². The van der Waals surface area contributed by atoms with Crippen LogP contribution in [-0.4, -0.2) is 58.7 Å². The summed E-state index contributed by atoms with van der Waals surface area (Å²) in [7, 11) is 0. The smallest absolute Gasteiger partial charge is 0.230 e. The quantitative estimate of drug-likeness (QED) is 0.161. The minimum absolute atomic E-state index is 0.000376. The van der Waals surface area contributed by atoms with Crippen molar-refractivity contribution in [1.82, 2.24) is 0 Å². The van der Waals surface area contributed by atoms with Crippen molar-refractivity contribution in [2.75, 3.05) is 26.4 Å². The van der Waals surface area contributed by atoms with Gasteiger partial charge in [-0.2, -0.15) is 0 Å². The molecule has 230 valence electrons. The van der Waals surface area contributed by atoms with Crippen molar-refractivity contribution in [2.45, 2.75) is 92.8 Å². The Hall–Kier alpha value is -2.06. The van der Waals surface area contributed by atoms with Gasteiger partial charge in [0.05, 0.1) is 17.8 Å². The average Bonchev–Trinajstić information content (AvgIpc) is 3.51. The van der Waals surface area contributed by atoms with E-state index in [1.807, 2.05) is 23.9 Å². The van der Waals surface area contributed by atoms with Crippen LogP contribution in [0.1, 0.15) is 82.1 Å². The molecule has 1 aliphatic heterocycles. The second kappa shape index (κ2) is 14.6. The Bertz CT molecular complexity index is 1130. The number of allylic oxidation sites excluding steroid dienone is 1. The van der Waals surface area contributed by atoms with Crippen LogP contribution in [0.2, 0.25) is 0 Å². The van der Waals surface area contributed by atoms with E-state index >= 15 is 0 Å². The van der Waals surface area contributed by atoms with E-state index in [4.69, 9.17) is 14.2 Å². The third-order valence-electron chi connectivity index (χ3n) is 9.63. The summed E-state index contributed by atoms with van der Waals surface area (Å²) in [5.41, 5.74) is 1.92. The molecular formula is C35H48O6S. The molecule has 1 heterocycles. The van der Waals surface area contributed by atoms with Crippen molar-refractivity contribution in [3.05, 3.63) is 60.7 Å². The zero-order chi connectivity index (χ0) is 29.5. The average molecular weight is 597 g/mol. The van der Waals surface area contributed by atoms with Gasteiger partial charge in [-0.1, -0.05) is 50.5 Å². The summed E-state index contributed by atoms with van der Waals surface area (Å²) in [6.07, 6.45) is 16.1. The van der Waals surface area contributed by atoms with Crippen molar-refractivity contribution in [3.63, 3.8) is 0 Å². The van der Waals surface area contributed by atoms with E-state index in [0.717, 1.165) is 61.2 Å². The molecule has 0 aromatic heterocycles. The van der Waals surface area contributed by atoms with Gasteiger partial charge in [0.2, 0.25) is 5.79 Å². The number of ether oxygens (including phenoxy) is 3. The van der Waals surface area contributed by atoms with E-state index in [1.165, 1.54) is 25.7 Å². The van der Waals surface area contributed by atoms with Gasteiger partial charge in [0.15, 0.2) is 5.78 Å². The first-order chi connectivity index (χ1) is 20.6. The Morgan fingerprint density at radius 3 is 2.48 bits per heavy atom. The molecule has 0 unspecified atom stereocenters. The van der Waals surface area contributed by atoms with Gasteiger partial charge in [-0.15, -0.1) is 18.3 Å². The number of aliphatic hydroxyl groups excluding tert-OH is 2. The number of thioether (sulfide) groups is 1. The Balaban J connectivity index is 1.66. The molecule has 42 heavy (non-hydrogen) atoms. The van der Waals surface area contributed by atoms with Crippen molar-refractivity contribution in [1.29, 1.82) is 0 Å². The molecule has 1 aromatic rings. The number of rotatable bonds is 16. The molecular weight excluding hydrogens is 548 g/mol. The van der Waals surface area contributed by atoms with Crippen LogP contribution >= 0.6 is 11.8 Å². The first kappa shape index (κ1) is 31.4. The molecule has 5 rings (SSSR count). The van der Waals surface area contributed by atoms with Crippen LogP contribution in [0.25, 0.3) is 0 Å². The van der Waals surface area contributed by atoms with E-state index in [0.29, 0.717) is 24.9 Å². The van der Waals surface area contributed by atoms with Crippen LogP contribution < -0.4 is 9.47 Å². The lowest BCUT2D eigenvalue weighted by Gasteiger charge is -2.58. The molecule has 6 atom stereocenters. The van der Waals surface area contributed by atoms with Crippen molar-refractivity contribution >= 4 is 17.5 Å². The third kappa shape index (κ3) is 6.40. The number of unbranched alkanes of at least 4 members (excludes halogenated alkanes) is 2. The first-order valence-corrected chi connectivity index (χ1v) is 16.9. The molecule has 0 spiro atoms. The molecule has 0 amide bonds. The number of ketones is 1. The maximum absolute atomic E-state index is 14.1. The second-order valence-electron chi connectivity index (χ2n) is 12.3. The molecule has 6 nitrogen and oxygen atoms in total. The van der Waals surface area contributed by atoms with Crippen LogP contribution in [-0.2, 0) is 9.53 Å². The predicted molar refractivity (Wildman–Crippen MR) is 168 cm³/mol. The number of Topliss-reactive ketones (excluding diaryl/α,β-unsaturated/α-hetero) is 1. The van der Waals surface area contributed by atoms with Crippen LogP contribution in [0.15, 0.2) is 55.2 Å². The Morgan fingerprint density at radius 1 is 1.02 bits per heavy atom. The van der Waals surface area contributed by atoms with E-state index in [-0.39, 0.29) is 47.9 Å². The molecule has 4 aliphatic rings. The molecule has 2 saturated carbocycles. The van der Waals surface area contributed by atoms with Gasteiger partial charge >= 0.3 is 0 Å². The summed E-state index contributed by atoms with van der Waals surface area (Å²) in [6, 6.07) is 6.07. The lowest BCUT2D eigenvalue weighted by molar-refractivity contribution is -0.227. The molecule has 1 aromatic carbocycles. The topological polar surface area (TPSA) is 85.2 Å². The molecule has 0 radical (unpaired) electrons. The minimum Gasteiger partial charge on any atom is -0.490 e. The third-order valence-corrected chi connectivity index (χ3v) is 11.3. The normalized spacial score (nSPS) is 30.2. The van der Waals surface area contributed by atoms with Gasteiger partial charge in [-0.25, -0.2) is 0 Å². The van der Waals surface area contributed by atoms with E-state index in [1.54, 1.807) is 12.2 Å². The minimum atomic E-state index is -0.979. The fourth-order valence-corrected chi connectivity index (χ4v) is 9.61. The molecule has 7 heteroatoms. The van der Waals surface area contributed by atoms with Gasteiger partial charge in [0.25, 0.3) is 0 Å². The van der Waals surface area contributed by atoms with Gasteiger partial charge in [0.1, 0.15) is 18.1 Å². The van der Waals surface area contributed by atoms with Crippen LogP contribution in [0.3, 0.4) is 0 Å². The number of fused-ring (bicyclic) bond motifs is 2. The number of benzene rings is 1. The second-order valence-corrected chi connectivity index (χ2v) is 13.8. The van der Waals surface area contributed by atoms with Crippen LogP contribution in [0, 0.1) is 17.8 Å². The molecule has 2 N–H and O–H groups in total. The summed E-state index contributed by atoms with van der Waals surface area (Å²) in [5, 5.41) is 19.6. The van der Waals surface area contributed by atoms with Gasteiger partial charge in [-0.3, -0.25) is 4.79 Å². The fourth-order valence-electron chi connectivity index (χ4n) is 7.84. The summed E-state index contributed by atoms with van der Waals surface area (Å²) in [6.45, 7) is 8.86. The number of hydrogen-bond acceptors (Lipinski definition) is 7. The van der Waals surface area contributed by atoms with E-state index in [9.17, 15) is 15.0 Å². The van der Waals surface area contributed by atoms with E-state index in [2.05, 4.69) is 25.3 Å². The Labute approximate surface area is 255 Å².